The summed E-state index contributed by atoms with van der Waals surface area (Å²) in [5, 5.41) is 3.62. The summed E-state index contributed by atoms with van der Waals surface area (Å²) in [6.45, 7) is 3.19. The average molecular weight is 253 g/mol. The largest absolute Gasteiger partial charge is 0.497 e. The van der Waals surface area contributed by atoms with Gasteiger partial charge in [0.05, 0.1) is 13.2 Å². The first kappa shape index (κ1) is 12.2. The quantitative estimate of drug-likeness (QED) is 0.887. The highest BCUT2D eigenvalue weighted by Crippen LogP contribution is 2.30. The minimum atomic E-state index is 0.301. The Morgan fingerprint density at radius 3 is 2.63 bits per heavy atom. The zero-order valence-electron chi connectivity index (χ0n) is 11.4. The van der Waals surface area contributed by atoms with Crippen LogP contribution in [0.5, 0.6) is 5.75 Å². The zero-order valence-corrected chi connectivity index (χ0v) is 11.4. The molecule has 0 saturated carbocycles. The third-order valence-corrected chi connectivity index (χ3v) is 3.80. The monoisotopic (exact) mass is 253 g/mol. The highest BCUT2D eigenvalue weighted by atomic mass is 16.5. The molecule has 19 heavy (non-hydrogen) atoms. The Bertz CT molecular complexity index is 574. The van der Waals surface area contributed by atoms with E-state index in [-0.39, 0.29) is 0 Å². The molecule has 0 spiro atoms. The van der Waals surface area contributed by atoms with E-state index in [1.54, 1.807) is 7.11 Å². The van der Waals surface area contributed by atoms with E-state index >= 15 is 0 Å². The Hall–Kier alpha value is -1.80. The molecule has 2 aromatic carbocycles. The van der Waals surface area contributed by atoms with Gasteiger partial charge in [0.2, 0.25) is 0 Å². The number of rotatable bonds is 2. The number of nitrogens with one attached hydrogen (secondary N) is 1. The molecule has 1 aliphatic rings. The van der Waals surface area contributed by atoms with E-state index in [9.17, 15) is 0 Å². The fourth-order valence-corrected chi connectivity index (χ4v) is 2.77. The van der Waals surface area contributed by atoms with E-state index < -0.39 is 0 Å². The summed E-state index contributed by atoms with van der Waals surface area (Å²) in [5.41, 5.74) is 5.50. The molecule has 0 bridgehead atoms. The molecule has 2 aromatic rings. The normalized spacial score (nSPS) is 17.9. The summed E-state index contributed by atoms with van der Waals surface area (Å²) in [4.78, 5) is 0. The summed E-state index contributed by atoms with van der Waals surface area (Å²) < 4.78 is 5.22. The smallest absolute Gasteiger partial charge is 0.118 e. The van der Waals surface area contributed by atoms with Gasteiger partial charge in [-0.2, -0.15) is 0 Å². The predicted octanol–water partition coefficient (Wildman–Crippen LogP) is 3.24. The van der Waals surface area contributed by atoms with Crippen molar-refractivity contribution in [3.8, 4) is 5.75 Å². The summed E-state index contributed by atoms with van der Waals surface area (Å²) in [5.74, 6) is 0.907. The van der Waals surface area contributed by atoms with Gasteiger partial charge in [0.1, 0.15) is 5.75 Å². The predicted molar refractivity (Wildman–Crippen MR) is 77.7 cm³/mol. The molecule has 2 heteroatoms. The molecule has 1 unspecified atom stereocenters. The highest BCUT2D eigenvalue weighted by molar-refractivity contribution is 5.42. The van der Waals surface area contributed by atoms with Crippen LogP contribution < -0.4 is 10.1 Å². The van der Waals surface area contributed by atoms with Gasteiger partial charge in [0, 0.05) is 6.54 Å². The van der Waals surface area contributed by atoms with Gasteiger partial charge in [-0.15, -0.1) is 0 Å². The maximum absolute atomic E-state index is 5.22. The fourth-order valence-electron chi connectivity index (χ4n) is 2.77. The van der Waals surface area contributed by atoms with Crippen molar-refractivity contribution in [2.45, 2.75) is 19.4 Å². The van der Waals surface area contributed by atoms with E-state index in [1.807, 2.05) is 12.1 Å². The van der Waals surface area contributed by atoms with Crippen LogP contribution >= 0.6 is 0 Å². The van der Waals surface area contributed by atoms with E-state index in [1.165, 1.54) is 22.3 Å². The van der Waals surface area contributed by atoms with Crippen molar-refractivity contribution in [3.63, 3.8) is 0 Å². The highest BCUT2D eigenvalue weighted by Gasteiger charge is 2.21. The van der Waals surface area contributed by atoms with E-state index in [4.69, 9.17) is 4.74 Å². The molecule has 3 rings (SSSR count). The summed E-state index contributed by atoms with van der Waals surface area (Å²) in [6.07, 6.45) is 1.11. The van der Waals surface area contributed by atoms with Crippen molar-refractivity contribution >= 4 is 0 Å². The zero-order chi connectivity index (χ0) is 13.2. The standard InChI is InChI=1S/C17H19NO/c1-12-3-4-13-9-10-18-17(16(13)11-12)14-5-7-15(19-2)8-6-14/h3-8,11,17-18H,9-10H2,1-2H3. The van der Waals surface area contributed by atoms with E-state index in [2.05, 4.69) is 42.6 Å². The molecule has 0 saturated heterocycles. The maximum atomic E-state index is 5.22. The minimum Gasteiger partial charge on any atom is -0.497 e. The summed E-state index contributed by atoms with van der Waals surface area (Å²) in [7, 11) is 1.70. The van der Waals surface area contributed by atoms with Crippen LogP contribution in [0.2, 0.25) is 0 Å². The van der Waals surface area contributed by atoms with Crippen LogP contribution in [-0.2, 0) is 6.42 Å². The van der Waals surface area contributed by atoms with Crippen molar-refractivity contribution in [1.82, 2.24) is 5.32 Å². The maximum Gasteiger partial charge on any atom is 0.118 e. The Morgan fingerprint density at radius 1 is 1.11 bits per heavy atom. The number of methoxy groups -OCH3 is 1. The molecule has 0 aliphatic carbocycles. The second-order valence-corrected chi connectivity index (χ2v) is 5.11. The molecule has 1 N–H and O–H groups in total. The number of ether oxygens (including phenoxy) is 1. The van der Waals surface area contributed by atoms with Crippen molar-refractivity contribution in [1.29, 1.82) is 0 Å². The van der Waals surface area contributed by atoms with Gasteiger partial charge in [-0.3, -0.25) is 0 Å². The van der Waals surface area contributed by atoms with Gasteiger partial charge in [0.15, 0.2) is 0 Å². The molecule has 0 radical (unpaired) electrons. The second kappa shape index (κ2) is 5.06. The number of hydrogen-bond acceptors (Lipinski definition) is 2. The molecule has 1 heterocycles. The van der Waals surface area contributed by atoms with Crippen LogP contribution in [0.4, 0.5) is 0 Å². The Balaban J connectivity index is 2.00. The molecule has 0 fully saturated rings. The van der Waals surface area contributed by atoms with Crippen LogP contribution in [0.3, 0.4) is 0 Å². The molecule has 0 amide bonds. The van der Waals surface area contributed by atoms with Gasteiger partial charge in [-0.05, 0) is 42.2 Å². The molecule has 1 atom stereocenters. The van der Waals surface area contributed by atoms with Crippen molar-refractivity contribution in [2.75, 3.05) is 13.7 Å². The molecule has 0 aromatic heterocycles. The van der Waals surface area contributed by atoms with Gasteiger partial charge >= 0.3 is 0 Å². The lowest BCUT2D eigenvalue weighted by Crippen LogP contribution is -2.30. The first-order valence-corrected chi connectivity index (χ1v) is 6.74. The third kappa shape index (κ3) is 2.36. The van der Waals surface area contributed by atoms with E-state index in [0.717, 1.165) is 18.7 Å². The lowest BCUT2D eigenvalue weighted by atomic mass is 9.89. The van der Waals surface area contributed by atoms with Gasteiger partial charge in [-0.1, -0.05) is 35.9 Å². The van der Waals surface area contributed by atoms with Crippen molar-refractivity contribution < 1.29 is 4.74 Å². The van der Waals surface area contributed by atoms with E-state index in [0.29, 0.717) is 6.04 Å². The average Bonchev–Trinajstić information content (AvgIpc) is 2.47. The Morgan fingerprint density at radius 2 is 1.89 bits per heavy atom. The summed E-state index contributed by atoms with van der Waals surface area (Å²) >= 11 is 0. The van der Waals surface area contributed by atoms with Gasteiger partial charge in [0.25, 0.3) is 0 Å². The number of aryl methyl sites for hydroxylation is 1. The first-order chi connectivity index (χ1) is 9.28. The van der Waals surface area contributed by atoms with Crippen molar-refractivity contribution in [2.24, 2.45) is 0 Å². The fraction of sp³-hybridized carbons (Fsp3) is 0.294. The number of fused-ring (bicyclic) bond motifs is 1. The summed E-state index contributed by atoms with van der Waals surface area (Å²) in [6, 6.07) is 15.4. The SMILES string of the molecule is COc1ccc(C2NCCc3ccc(C)cc32)cc1. The number of hydrogen-bond donors (Lipinski definition) is 1. The second-order valence-electron chi connectivity index (χ2n) is 5.11. The lowest BCUT2D eigenvalue weighted by molar-refractivity contribution is 0.414. The van der Waals surface area contributed by atoms with Crippen LogP contribution in [0.15, 0.2) is 42.5 Å². The molecular weight excluding hydrogens is 234 g/mol. The molecule has 98 valence electrons. The topological polar surface area (TPSA) is 21.3 Å². The van der Waals surface area contributed by atoms with Crippen LogP contribution in [-0.4, -0.2) is 13.7 Å². The molecule has 1 aliphatic heterocycles. The van der Waals surface area contributed by atoms with Crippen LogP contribution in [0.1, 0.15) is 28.3 Å². The Labute approximate surface area is 114 Å². The van der Waals surface area contributed by atoms with Crippen LogP contribution in [0.25, 0.3) is 0 Å². The lowest BCUT2D eigenvalue weighted by Gasteiger charge is -2.28. The first-order valence-electron chi connectivity index (χ1n) is 6.74. The Kier molecular flexibility index (Phi) is 3.26. The molecular formula is C17H19NO. The van der Waals surface area contributed by atoms with Gasteiger partial charge in [-0.25, -0.2) is 0 Å². The minimum absolute atomic E-state index is 0.301. The van der Waals surface area contributed by atoms with Crippen molar-refractivity contribution in [3.05, 3.63) is 64.7 Å². The number of benzene rings is 2. The molecule has 2 nitrogen and oxygen atoms in total. The van der Waals surface area contributed by atoms with Gasteiger partial charge < -0.3 is 10.1 Å². The van der Waals surface area contributed by atoms with Crippen LogP contribution in [0, 0.1) is 6.92 Å². The third-order valence-electron chi connectivity index (χ3n) is 3.80.